The molecule has 0 aliphatic carbocycles. The van der Waals surface area contributed by atoms with Gasteiger partial charge in [0, 0.05) is 50.9 Å². The molecule has 9 aromatic heterocycles. The van der Waals surface area contributed by atoms with Gasteiger partial charge in [0.15, 0.2) is 0 Å². The van der Waals surface area contributed by atoms with Crippen LogP contribution < -0.4 is 0 Å². The van der Waals surface area contributed by atoms with Crippen LogP contribution >= 0.6 is 0 Å². The molecule has 26 aromatic rings. The molecule has 0 saturated carbocycles. The monoisotopic (exact) mass is 1510 g/mol. The molecule has 17 aromatic carbocycles. The number of hydrogen-bond donors (Lipinski definition) is 0. The Balaban J connectivity index is 0.000000102. The van der Waals surface area contributed by atoms with Gasteiger partial charge in [-0.2, -0.15) is 0 Å². The Morgan fingerprint density at radius 2 is 0.471 bits per heavy atom. The van der Waals surface area contributed by atoms with Crippen LogP contribution in [0.4, 0.5) is 0 Å². The standard InChI is InChI=1S/2C38H23N3.C34H21N3/c1-2-10-29-25(7-1)8-5-11-30(29)26-16-14-24(15-17-26)28-19-20-31-32-21-18-27-9-6-22-39-37(27)36(32)38-40-33-12-3-4-13-34(33)41(38)35(31)23-28;1-2-7-28-22-29(16-15-24(28)6-1)25-11-13-26(14-12-25)30-18-19-31-32-20-17-27-8-5-21-39-37(27)36(32)38-40-33-9-3-4-10-34(33)41(38)35(31)23-30;1-2-7-22(8-3-1)23-12-14-24(15-13-23)26-17-18-27-28-19-16-25-9-6-20-35-33(25)32(28)34-36-29-10-4-5-11-30(29)37(34)31(27)21-26/h2*1-23H;1-21H. The van der Waals surface area contributed by atoms with Gasteiger partial charge in [0.2, 0.25) is 0 Å². The molecule has 9 heterocycles. The molecule has 0 spiro atoms. The highest BCUT2D eigenvalue weighted by Crippen LogP contribution is 2.44. The van der Waals surface area contributed by atoms with E-state index in [4.69, 9.17) is 29.9 Å². The molecule has 0 fully saturated rings. The third-order valence-electron chi connectivity index (χ3n) is 24.2. The zero-order valence-corrected chi connectivity index (χ0v) is 64.2. The molecule has 0 bridgehead atoms. The Kier molecular flexibility index (Phi) is 15.5. The maximum atomic E-state index is 5.14. The summed E-state index contributed by atoms with van der Waals surface area (Å²) in [7, 11) is 0. The molecule has 0 saturated heterocycles. The minimum atomic E-state index is 0.946. The van der Waals surface area contributed by atoms with Gasteiger partial charge in [0.05, 0.1) is 82.4 Å². The largest absolute Gasteiger partial charge is 0.292 e. The molecule has 9 nitrogen and oxygen atoms in total. The minimum absolute atomic E-state index is 0.946. The predicted molar refractivity (Wildman–Crippen MR) is 497 cm³/mol. The first kappa shape index (κ1) is 67.4. The van der Waals surface area contributed by atoms with Crippen molar-refractivity contribution in [1.82, 2.24) is 43.1 Å². The van der Waals surface area contributed by atoms with Crippen molar-refractivity contribution in [2.75, 3.05) is 0 Å². The van der Waals surface area contributed by atoms with Gasteiger partial charge in [-0.25, -0.2) is 15.0 Å². The number of nitrogens with zero attached hydrogens (tertiary/aromatic N) is 9. The van der Waals surface area contributed by atoms with E-state index in [-0.39, 0.29) is 0 Å². The zero-order valence-electron chi connectivity index (χ0n) is 64.2. The van der Waals surface area contributed by atoms with Gasteiger partial charge in [0.1, 0.15) is 16.9 Å². The number of hydrogen-bond acceptors (Lipinski definition) is 6. The van der Waals surface area contributed by atoms with E-state index in [2.05, 4.69) is 383 Å². The molecule has 9 heteroatoms. The lowest BCUT2D eigenvalue weighted by Gasteiger charge is -2.13. The van der Waals surface area contributed by atoms with Gasteiger partial charge < -0.3 is 0 Å². The summed E-state index contributed by atoms with van der Waals surface area (Å²) in [4.78, 5) is 29.8. The number of aromatic nitrogens is 9. The molecule has 0 unspecified atom stereocenters. The van der Waals surface area contributed by atoms with Crippen LogP contribution in [0.5, 0.6) is 0 Å². The van der Waals surface area contributed by atoms with E-state index in [1.807, 2.05) is 36.8 Å². The molecule has 119 heavy (non-hydrogen) atoms. The lowest BCUT2D eigenvalue weighted by Crippen LogP contribution is -1.94. The summed E-state index contributed by atoms with van der Waals surface area (Å²) in [6, 6.07) is 139. The van der Waals surface area contributed by atoms with Crippen molar-refractivity contribution in [2.45, 2.75) is 0 Å². The van der Waals surface area contributed by atoms with Gasteiger partial charge in [0.25, 0.3) is 0 Å². The zero-order chi connectivity index (χ0) is 78.2. The Morgan fingerprint density at radius 3 is 0.908 bits per heavy atom. The smallest absolute Gasteiger partial charge is 0.148 e. The molecule has 0 aliphatic rings. The summed E-state index contributed by atoms with van der Waals surface area (Å²) in [5.74, 6) is 0. The van der Waals surface area contributed by atoms with Crippen LogP contribution in [0.1, 0.15) is 0 Å². The average molecular weight is 1510 g/mol. The van der Waals surface area contributed by atoms with E-state index in [0.29, 0.717) is 0 Å². The molecular weight excluding hydrogens is 1450 g/mol. The Hall–Kier alpha value is -16.1. The number of para-hydroxylation sites is 6. The number of benzene rings is 17. The fourth-order valence-corrected chi connectivity index (χ4v) is 18.5. The van der Waals surface area contributed by atoms with E-state index in [9.17, 15) is 0 Å². The van der Waals surface area contributed by atoms with Crippen molar-refractivity contribution >= 4 is 169 Å². The van der Waals surface area contributed by atoms with E-state index < -0.39 is 0 Å². The van der Waals surface area contributed by atoms with Gasteiger partial charge in [-0.15, -0.1) is 0 Å². The summed E-state index contributed by atoms with van der Waals surface area (Å²) in [5.41, 5.74) is 30.0. The molecular formula is C110H67N9. The first-order chi connectivity index (χ1) is 59.0. The Morgan fingerprint density at radius 1 is 0.168 bits per heavy atom. The number of pyridine rings is 6. The van der Waals surface area contributed by atoms with Gasteiger partial charge >= 0.3 is 0 Å². The van der Waals surface area contributed by atoms with Crippen molar-refractivity contribution < 1.29 is 0 Å². The van der Waals surface area contributed by atoms with Crippen molar-refractivity contribution in [3.05, 3.63) is 407 Å². The Bertz CT molecular complexity index is 8650. The summed E-state index contributed by atoms with van der Waals surface area (Å²) in [6.45, 7) is 0. The number of imidazole rings is 3. The van der Waals surface area contributed by atoms with Crippen molar-refractivity contribution in [3.8, 4) is 66.8 Å². The summed E-state index contributed by atoms with van der Waals surface area (Å²) in [6.07, 6.45) is 5.61. The second-order valence-electron chi connectivity index (χ2n) is 30.9. The summed E-state index contributed by atoms with van der Waals surface area (Å²) in [5, 5.41) is 18.8. The molecule has 0 N–H and O–H groups in total. The minimum Gasteiger partial charge on any atom is -0.292 e. The van der Waals surface area contributed by atoms with E-state index in [1.165, 1.54) is 121 Å². The van der Waals surface area contributed by atoms with Crippen LogP contribution in [-0.4, -0.2) is 43.1 Å². The average Bonchev–Trinajstić information content (AvgIpc) is 1.63. The summed E-state index contributed by atoms with van der Waals surface area (Å²) < 4.78 is 6.94. The Labute approximate surface area is 681 Å². The fourth-order valence-electron chi connectivity index (χ4n) is 18.5. The van der Waals surface area contributed by atoms with Crippen LogP contribution in [0, 0.1) is 0 Å². The normalized spacial score (nSPS) is 11.9. The van der Waals surface area contributed by atoms with Crippen LogP contribution in [0.25, 0.3) is 236 Å². The maximum Gasteiger partial charge on any atom is 0.148 e. The van der Waals surface area contributed by atoms with Crippen LogP contribution in [0.3, 0.4) is 0 Å². The first-order valence-electron chi connectivity index (χ1n) is 40.4. The van der Waals surface area contributed by atoms with E-state index in [1.54, 1.807) is 0 Å². The SMILES string of the molecule is c1ccc(-c2ccc(-c3ccc4c5ccc6cccnc6c5c5nc6ccccc6n5c4c3)cc2)cc1.c1ccc2c(-c3ccc(-c4ccc5c6ccc7cccnc7c6c6nc7ccccc7n6c5c4)cc3)cccc2c1.c1ccc2cc(-c3ccc(-c4ccc5c6ccc7cccnc7c6c6nc7ccccc7n6c5c4)cc3)ccc2c1. The lowest BCUT2D eigenvalue weighted by atomic mass is 9.95. The third kappa shape index (κ3) is 11.1. The first-order valence-corrected chi connectivity index (χ1v) is 40.4. The van der Waals surface area contributed by atoms with Crippen LogP contribution in [0.2, 0.25) is 0 Å². The summed E-state index contributed by atoms with van der Waals surface area (Å²) >= 11 is 0. The van der Waals surface area contributed by atoms with Crippen molar-refractivity contribution in [2.24, 2.45) is 0 Å². The number of rotatable bonds is 6. The number of fused-ring (bicyclic) bond motifs is 32. The lowest BCUT2D eigenvalue weighted by molar-refractivity contribution is 1.31. The van der Waals surface area contributed by atoms with Gasteiger partial charge in [-0.1, -0.05) is 309 Å². The predicted octanol–water partition coefficient (Wildman–Crippen LogP) is 28.3. The molecule has 0 aliphatic heterocycles. The van der Waals surface area contributed by atoms with Crippen molar-refractivity contribution in [3.63, 3.8) is 0 Å². The highest BCUT2D eigenvalue weighted by Gasteiger charge is 2.22. The topological polar surface area (TPSA) is 90.6 Å². The van der Waals surface area contributed by atoms with E-state index in [0.717, 1.165) is 115 Å². The van der Waals surface area contributed by atoms with Crippen LogP contribution in [-0.2, 0) is 0 Å². The third-order valence-corrected chi connectivity index (χ3v) is 24.2. The quantitative estimate of drug-likeness (QED) is 0.154. The highest BCUT2D eigenvalue weighted by molar-refractivity contribution is 6.25. The van der Waals surface area contributed by atoms with Gasteiger partial charge in [-0.05, 0) is 183 Å². The fraction of sp³-hybridized carbons (Fsp3) is 0. The second kappa shape index (κ2) is 27.3. The molecule has 552 valence electrons. The second-order valence-corrected chi connectivity index (χ2v) is 30.9. The molecule has 0 radical (unpaired) electrons. The van der Waals surface area contributed by atoms with Crippen LogP contribution in [0.15, 0.2) is 407 Å². The molecule has 0 atom stereocenters. The van der Waals surface area contributed by atoms with Crippen molar-refractivity contribution in [1.29, 1.82) is 0 Å². The molecule has 0 amide bonds. The molecule has 26 rings (SSSR count). The van der Waals surface area contributed by atoms with Gasteiger partial charge in [-0.3, -0.25) is 28.2 Å². The highest BCUT2D eigenvalue weighted by atomic mass is 15.0. The maximum absolute atomic E-state index is 5.14. The van der Waals surface area contributed by atoms with E-state index >= 15 is 0 Å².